The summed E-state index contributed by atoms with van der Waals surface area (Å²) in [5, 5.41) is 0. The molecule has 1 aliphatic carbocycles. The van der Waals surface area contributed by atoms with Crippen molar-refractivity contribution < 1.29 is 14.3 Å². The smallest absolute Gasteiger partial charge is 0.305 e. The Balaban J connectivity index is 1.81. The molecule has 0 aromatic rings. The van der Waals surface area contributed by atoms with Crippen LogP contribution >= 0.6 is 0 Å². The van der Waals surface area contributed by atoms with Gasteiger partial charge in [0.2, 0.25) is 5.91 Å². The average Bonchev–Trinajstić information content (AvgIpc) is 2.47. The molecule has 1 aliphatic heterocycles. The summed E-state index contributed by atoms with van der Waals surface area (Å²) in [5.41, 5.74) is 0.324. The number of allylic oxidation sites excluding steroid dienone is 2. The van der Waals surface area contributed by atoms with Crippen molar-refractivity contribution in [2.45, 2.75) is 51.4 Å². The van der Waals surface area contributed by atoms with E-state index in [1.807, 2.05) is 4.90 Å². The minimum Gasteiger partial charge on any atom is -0.469 e. The molecule has 0 bridgehead atoms. The first-order valence-corrected chi connectivity index (χ1v) is 7.65. The van der Waals surface area contributed by atoms with Gasteiger partial charge in [-0.3, -0.25) is 9.59 Å². The molecule has 1 heterocycles. The third-order valence-corrected chi connectivity index (χ3v) is 4.57. The molecular formula is C16H25NO3. The average molecular weight is 279 g/mol. The third-order valence-electron chi connectivity index (χ3n) is 4.57. The minimum atomic E-state index is -0.231. The fourth-order valence-corrected chi connectivity index (χ4v) is 3.38. The van der Waals surface area contributed by atoms with Gasteiger partial charge in [0.05, 0.1) is 7.11 Å². The van der Waals surface area contributed by atoms with E-state index in [2.05, 4.69) is 16.9 Å². The zero-order chi connectivity index (χ0) is 14.4. The summed E-state index contributed by atoms with van der Waals surface area (Å²) < 4.78 is 4.60. The van der Waals surface area contributed by atoms with Gasteiger partial charge in [0.1, 0.15) is 0 Å². The van der Waals surface area contributed by atoms with Gasteiger partial charge in [-0.1, -0.05) is 12.2 Å². The van der Waals surface area contributed by atoms with E-state index in [4.69, 9.17) is 0 Å². The van der Waals surface area contributed by atoms with Crippen LogP contribution in [0.2, 0.25) is 0 Å². The zero-order valence-electron chi connectivity index (χ0n) is 12.4. The minimum absolute atomic E-state index is 0.197. The van der Waals surface area contributed by atoms with Gasteiger partial charge in [-0.25, -0.2) is 0 Å². The lowest BCUT2D eigenvalue weighted by Gasteiger charge is -2.44. The number of carbonyl (C=O) groups is 2. The molecule has 1 atom stereocenters. The molecular weight excluding hydrogens is 254 g/mol. The van der Waals surface area contributed by atoms with Gasteiger partial charge in [0, 0.05) is 25.9 Å². The largest absolute Gasteiger partial charge is 0.469 e. The summed E-state index contributed by atoms with van der Waals surface area (Å²) in [6, 6.07) is 0. The van der Waals surface area contributed by atoms with E-state index < -0.39 is 0 Å². The number of hydrogen-bond donors (Lipinski definition) is 0. The molecule has 20 heavy (non-hydrogen) atoms. The summed E-state index contributed by atoms with van der Waals surface area (Å²) >= 11 is 0. The maximum atomic E-state index is 12.2. The van der Waals surface area contributed by atoms with Crippen LogP contribution < -0.4 is 0 Å². The van der Waals surface area contributed by atoms with Crippen LogP contribution in [0.25, 0.3) is 0 Å². The number of hydrogen-bond acceptors (Lipinski definition) is 3. The molecule has 0 radical (unpaired) electrons. The van der Waals surface area contributed by atoms with E-state index in [-0.39, 0.29) is 11.9 Å². The van der Waals surface area contributed by atoms with Crippen molar-refractivity contribution in [1.82, 2.24) is 4.90 Å². The van der Waals surface area contributed by atoms with E-state index in [0.29, 0.717) is 24.7 Å². The first-order valence-electron chi connectivity index (χ1n) is 7.65. The number of esters is 1. The van der Waals surface area contributed by atoms with Crippen molar-refractivity contribution in [2.75, 3.05) is 20.2 Å². The van der Waals surface area contributed by atoms with Crippen LogP contribution in [0.3, 0.4) is 0 Å². The molecule has 4 heteroatoms. The van der Waals surface area contributed by atoms with E-state index in [1.165, 1.54) is 20.0 Å². The van der Waals surface area contributed by atoms with Gasteiger partial charge in [0.25, 0.3) is 0 Å². The molecule has 112 valence electrons. The van der Waals surface area contributed by atoms with Crippen LogP contribution in [-0.4, -0.2) is 37.0 Å². The highest BCUT2D eigenvalue weighted by Gasteiger charge is 2.36. The lowest BCUT2D eigenvalue weighted by atomic mass is 9.71. The third kappa shape index (κ3) is 3.84. The number of methoxy groups -OCH3 is 1. The highest BCUT2D eigenvalue weighted by Crippen LogP contribution is 2.40. The molecule has 0 saturated carbocycles. The van der Waals surface area contributed by atoms with E-state index in [9.17, 15) is 9.59 Å². The predicted octanol–water partition coefficient (Wildman–Crippen LogP) is 2.68. The summed E-state index contributed by atoms with van der Waals surface area (Å²) in [7, 11) is 1.38. The topological polar surface area (TPSA) is 46.6 Å². The van der Waals surface area contributed by atoms with Crippen LogP contribution in [0, 0.1) is 5.41 Å². The lowest BCUT2D eigenvalue weighted by molar-refractivity contribution is -0.141. The first kappa shape index (κ1) is 15.1. The Labute approximate surface area is 121 Å². The van der Waals surface area contributed by atoms with Crippen molar-refractivity contribution in [3.05, 3.63) is 12.2 Å². The first-order chi connectivity index (χ1) is 9.65. The monoisotopic (exact) mass is 279 g/mol. The SMILES string of the molecule is COC(=O)CCCC(=O)N1CCC[C@@]2(CC=CCC2)C1. The second-order valence-corrected chi connectivity index (χ2v) is 6.06. The second kappa shape index (κ2) is 6.91. The number of rotatable bonds is 4. The normalized spacial score (nSPS) is 25.8. The van der Waals surface area contributed by atoms with Crippen LogP contribution in [0.1, 0.15) is 51.4 Å². The molecule has 0 aromatic heterocycles. The molecule has 2 rings (SSSR count). The molecule has 1 amide bonds. The Morgan fingerprint density at radius 1 is 1.25 bits per heavy atom. The quantitative estimate of drug-likeness (QED) is 0.587. The van der Waals surface area contributed by atoms with Gasteiger partial charge in [-0.2, -0.15) is 0 Å². The van der Waals surface area contributed by atoms with Crippen molar-refractivity contribution >= 4 is 11.9 Å². The molecule has 0 N–H and O–H groups in total. The number of amides is 1. The van der Waals surface area contributed by atoms with Crippen LogP contribution in [0.4, 0.5) is 0 Å². The maximum absolute atomic E-state index is 12.2. The number of piperidine rings is 1. The molecule has 0 unspecified atom stereocenters. The van der Waals surface area contributed by atoms with Gasteiger partial charge in [0.15, 0.2) is 0 Å². The van der Waals surface area contributed by atoms with Crippen LogP contribution in [0.15, 0.2) is 12.2 Å². The summed E-state index contributed by atoms with van der Waals surface area (Å²) in [6.07, 6.45) is 11.7. The lowest BCUT2D eigenvalue weighted by Crippen LogP contribution is -2.46. The van der Waals surface area contributed by atoms with Crippen LogP contribution in [-0.2, 0) is 14.3 Å². The number of likely N-dealkylation sites (tertiary alicyclic amines) is 1. The summed E-state index contributed by atoms with van der Waals surface area (Å²) in [6.45, 7) is 1.77. The van der Waals surface area contributed by atoms with Crippen LogP contribution in [0.5, 0.6) is 0 Å². The highest BCUT2D eigenvalue weighted by molar-refractivity contribution is 5.77. The Kier molecular flexibility index (Phi) is 5.21. The molecule has 1 fully saturated rings. The molecule has 0 aromatic carbocycles. The summed E-state index contributed by atoms with van der Waals surface area (Å²) in [4.78, 5) is 25.3. The number of ether oxygens (including phenoxy) is 1. The Hall–Kier alpha value is -1.32. The van der Waals surface area contributed by atoms with Gasteiger partial charge in [-0.15, -0.1) is 0 Å². The predicted molar refractivity (Wildman–Crippen MR) is 77.1 cm³/mol. The maximum Gasteiger partial charge on any atom is 0.305 e. The van der Waals surface area contributed by atoms with Gasteiger partial charge < -0.3 is 9.64 Å². The summed E-state index contributed by atoms with van der Waals surface area (Å²) in [5.74, 6) is -0.0344. The van der Waals surface area contributed by atoms with Gasteiger partial charge >= 0.3 is 5.97 Å². The fraction of sp³-hybridized carbons (Fsp3) is 0.750. The Morgan fingerprint density at radius 2 is 2.10 bits per heavy atom. The Morgan fingerprint density at radius 3 is 2.80 bits per heavy atom. The van der Waals surface area contributed by atoms with Gasteiger partial charge in [-0.05, 0) is 43.9 Å². The number of nitrogens with zero attached hydrogens (tertiary/aromatic N) is 1. The molecule has 4 nitrogen and oxygen atoms in total. The van der Waals surface area contributed by atoms with Crippen molar-refractivity contribution in [1.29, 1.82) is 0 Å². The highest BCUT2D eigenvalue weighted by atomic mass is 16.5. The molecule has 1 saturated heterocycles. The zero-order valence-corrected chi connectivity index (χ0v) is 12.4. The van der Waals surface area contributed by atoms with E-state index in [0.717, 1.165) is 32.4 Å². The molecule has 2 aliphatic rings. The van der Waals surface area contributed by atoms with Crippen molar-refractivity contribution in [3.8, 4) is 0 Å². The molecule has 1 spiro atoms. The Bertz CT molecular complexity index is 391. The van der Waals surface area contributed by atoms with Crippen molar-refractivity contribution in [2.24, 2.45) is 5.41 Å². The second-order valence-electron chi connectivity index (χ2n) is 6.06. The standard InChI is InChI=1S/C16H25NO3/c1-20-15(19)8-5-7-14(18)17-12-6-11-16(13-17)9-3-2-4-10-16/h2-3H,4-13H2,1H3/t16-/m0/s1. The number of carbonyl (C=O) groups excluding carboxylic acids is 2. The van der Waals surface area contributed by atoms with E-state index in [1.54, 1.807) is 0 Å². The van der Waals surface area contributed by atoms with E-state index >= 15 is 0 Å². The fourth-order valence-electron chi connectivity index (χ4n) is 3.38. The van der Waals surface area contributed by atoms with Crippen molar-refractivity contribution in [3.63, 3.8) is 0 Å².